The van der Waals surface area contributed by atoms with E-state index in [-0.39, 0.29) is 5.91 Å². The summed E-state index contributed by atoms with van der Waals surface area (Å²) in [6, 6.07) is 0.641. The van der Waals surface area contributed by atoms with Gasteiger partial charge in [0.1, 0.15) is 0 Å². The highest BCUT2D eigenvalue weighted by atomic mass is 16.1. The Morgan fingerprint density at radius 1 is 1.33 bits per heavy atom. The Bertz CT molecular complexity index is 173. The molecule has 1 atom stereocenters. The van der Waals surface area contributed by atoms with Crippen molar-refractivity contribution in [2.45, 2.75) is 33.2 Å². The second-order valence-electron chi connectivity index (χ2n) is 3.97. The molecule has 0 bridgehead atoms. The van der Waals surface area contributed by atoms with Crippen molar-refractivity contribution in [1.82, 2.24) is 15.5 Å². The van der Waals surface area contributed by atoms with Gasteiger partial charge in [0, 0.05) is 39.1 Å². The number of hydrogen-bond acceptors (Lipinski definition) is 3. The van der Waals surface area contributed by atoms with Crippen LogP contribution in [0.3, 0.4) is 0 Å². The SMILES string of the molecule is CCC(C)N(C)CCNCCNC(C)=O. The lowest BCUT2D eigenvalue weighted by atomic mass is 10.2. The molecule has 0 fully saturated rings. The third-order valence-electron chi connectivity index (χ3n) is 2.66. The summed E-state index contributed by atoms with van der Waals surface area (Å²) >= 11 is 0. The van der Waals surface area contributed by atoms with Gasteiger partial charge in [-0.15, -0.1) is 0 Å². The molecule has 90 valence electrons. The second kappa shape index (κ2) is 8.68. The molecule has 0 radical (unpaired) electrons. The van der Waals surface area contributed by atoms with E-state index in [9.17, 15) is 4.79 Å². The molecule has 0 saturated carbocycles. The van der Waals surface area contributed by atoms with Crippen LogP contribution < -0.4 is 10.6 Å². The number of rotatable bonds is 8. The molecule has 0 aliphatic rings. The van der Waals surface area contributed by atoms with E-state index in [0.717, 1.165) is 19.6 Å². The smallest absolute Gasteiger partial charge is 0.216 e. The van der Waals surface area contributed by atoms with Crippen LogP contribution in [0.2, 0.25) is 0 Å². The Morgan fingerprint density at radius 3 is 2.53 bits per heavy atom. The molecule has 1 amide bonds. The van der Waals surface area contributed by atoms with Gasteiger partial charge in [-0.1, -0.05) is 6.92 Å². The predicted molar refractivity (Wildman–Crippen MR) is 63.9 cm³/mol. The summed E-state index contributed by atoms with van der Waals surface area (Å²) in [6.45, 7) is 9.55. The average molecular weight is 215 g/mol. The van der Waals surface area contributed by atoms with Gasteiger partial charge in [0.2, 0.25) is 5.91 Å². The van der Waals surface area contributed by atoms with Crippen LogP contribution in [0.1, 0.15) is 27.2 Å². The molecule has 1 unspecified atom stereocenters. The molecule has 0 aliphatic heterocycles. The van der Waals surface area contributed by atoms with Crippen LogP contribution in [0.25, 0.3) is 0 Å². The van der Waals surface area contributed by atoms with Gasteiger partial charge >= 0.3 is 0 Å². The van der Waals surface area contributed by atoms with Crippen molar-refractivity contribution in [1.29, 1.82) is 0 Å². The molecule has 0 aromatic carbocycles. The first-order valence-electron chi connectivity index (χ1n) is 5.73. The molecule has 0 aromatic heterocycles. The third-order valence-corrected chi connectivity index (χ3v) is 2.66. The van der Waals surface area contributed by atoms with Gasteiger partial charge in [-0.25, -0.2) is 0 Å². The second-order valence-corrected chi connectivity index (χ2v) is 3.97. The third kappa shape index (κ3) is 8.39. The average Bonchev–Trinajstić information content (AvgIpc) is 2.21. The monoisotopic (exact) mass is 215 g/mol. The van der Waals surface area contributed by atoms with Gasteiger partial charge in [-0.05, 0) is 20.4 Å². The minimum Gasteiger partial charge on any atom is -0.355 e. The summed E-state index contributed by atoms with van der Waals surface area (Å²) in [7, 11) is 2.14. The van der Waals surface area contributed by atoms with Crippen molar-refractivity contribution in [3.8, 4) is 0 Å². The van der Waals surface area contributed by atoms with Crippen molar-refractivity contribution in [2.24, 2.45) is 0 Å². The quantitative estimate of drug-likeness (QED) is 0.578. The molecule has 0 aromatic rings. The van der Waals surface area contributed by atoms with Gasteiger partial charge in [0.15, 0.2) is 0 Å². The zero-order valence-corrected chi connectivity index (χ0v) is 10.5. The Labute approximate surface area is 93.4 Å². The molecule has 0 saturated heterocycles. The first-order valence-corrected chi connectivity index (χ1v) is 5.73. The highest BCUT2D eigenvalue weighted by molar-refractivity contribution is 5.72. The fourth-order valence-electron chi connectivity index (χ4n) is 1.24. The van der Waals surface area contributed by atoms with Gasteiger partial charge in [0.25, 0.3) is 0 Å². The van der Waals surface area contributed by atoms with Crippen LogP contribution >= 0.6 is 0 Å². The van der Waals surface area contributed by atoms with E-state index < -0.39 is 0 Å². The van der Waals surface area contributed by atoms with E-state index in [2.05, 4.69) is 36.4 Å². The summed E-state index contributed by atoms with van der Waals surface area (Å²) in [6.07, 6.45) is 1.18. The van der Waals surface area contributed by atoms with E-state index in [4.69, 9.17) is 0 Å². The lowest BCUT2D eigenvalue weighted by molar-refractivity contribution is -0.118. The van der Waals surface area contributed by atoms with Gasteiger partial charge in [-0.3, -0.25) is 4.79 Å². The Hall–Kier alpha value is -0.610. The minimum atomic E-state index is 0.0357. The normalized spacial score (nSPS) is 12.9. The maximum absolute atomic E-state index is 10.6. The lowest BCUT2D eigenvalue weighted by Crippen LogP contribution is -2.37. The molecular weight excluding hydrogens is 190 g/mol. The maximum Gasteiger partial charge on any atom is 0.216 e. The van der Waals surface area contributed by atoms with Crippen LogP contribution in [0.15, 0.2) is 0 Å². The Morgan fingerprint density at radius 2 is 2.00 bits per heavy atom. The molecule has 4 heteroatoms. The van der Waals surface area contributed by atoms with Gasteiger partial charge in [0.05, 0.1) is 0 Å². The summed E-state index contributed by atoms with van der Waals surface area (Å²) in [5, 5.41) is 6.05. The van der Waals surface area contributed by atoms with Gasteiger partial charge in [-0.2, -0.15) is 0 Å². The largest absolute Gasteiger partial charge is 0.355 e. The number of amides is 1. The Balaban J connectivity index is 3.27. The van der Waals surface area contributed by atoms with Crippen molar-refractivity contribution in [3.05, 3.63) is 0 Å². The lowest BCUT2D eigenvalue weighted by Gasteiger charge is -2.23. The standard InChI is InChI=1S/C11H25N3O/c1-5-10(2)14(4)9-8-12-6-7-13-11(3)15/h10,12H,5-9H2,1-4H3,(H,13,15). The van der Waals surface area contributed by atoms with E-state index in [1.165, 1.54) is 13.3 Å². The molecule has 0 rings (SSSR count). The van der Waals surface area contributed by atoms with Gasteiger partial charge < -0.3 is 15.5 Å². The number of nitrogens with zero attached hydrogens (tertiary/aromatic N) is 1. The molecular formula is C11H25N3O. The van der Waals surface area contributed by atoms with E-state index in [1.54, 1.807) is 0 Å². The van der Waals surface area contributed by atoms with Crippen molar-refractivity contribution >= 4 is 5.91 Å². The fourth-order valence-corrected chi connectivity index (χ4v) is 1.24. The summed E-state index contributed by atoms with van der Waals surface area (Å²) < 4.78 is 0. The van der Waals surface area contributed by atoms with Crippen molar-refractivity contribution < 1.29 is 4.79 Å². The van der Waals surface area contributed by atoms with E-state index in [0.29, 0.717) is 12.6 Å². The maximum atomic E-state index is 10.6. The van der Waals surface area contributed by atoms with E-state index in [1.807, 2.05) is 0 Å². The summed E-state index contributed by atoms with van der Waals surface area (Å²) in [5.74, 6) is 0.0357. The fraction of sp³-hybridized carbons (Fsp3) is 0.909. The molecule has 2 N–H and O–H groups in total. The predicted octanol–water partition coefficient (Wildman–Crippen LogP) is 0.442. The number of nitrogens with one attached hydrogen (secondary N) is 2. The molecule has 0 heterocycles. The number of carbonyl (C=O) groups excluding carboxylic acids is 1. The molecule has 15 heavy (non-hydrogen) atoms. The number of carbonyl (C=O) groups is 1. The van der Waals surface area contributed by atoms with Crippen LogP contribution in [0.5, 0.6) is 0 Å². The molecule has 4 nitrogen and oxygen atoms in total. The van der Waals surface area contributed by atoms with E-state index >= 15 is 0 Å². The highest BCUT2D eigenvalue weighted by Crippen LogP contribution is 1.97. The van der Waals surface area contributed by atoms with Crippen molar-refractivity contribution in [3.63, 3.8) is 0 Å². The number of likely N-dealkylation sites (N-methyl/N-ethyl adjacent to an activating group) is 1. The zero-order chi connectivity index (χ0) is 11.7. The highest BCUT2D eigenvalue weighted by Gasteiger charge is 2.04. The number of hydrogen-bond donors (Lipinski definition) is 2. The first-order chi connectivity index (χ1) is 7.07. The summed E-state index contributed by atoms with van der Waals surface area (Å²) in [5.41, 5.74) is 0. The summed E-state index contributed by atoms with van der Waals surface area (Å²) in [4.78, 5) is 12.9. The zero-order valence-electron chi connectivity index (χ0n) is 10.5. The minimum absolute atomic E-state index is 0.0357. The Kier molecular flexibility index (Phi) is 8.33. The topological polar surface area (TPSA) is 44.4 Å². The van der Waals surface area contributed by atoms with Crippen LogP contribution in [0.4, 0.5) is 0 Å². The van der Waals surface area contributed by atoms with Crippen LogP contribution in [0, 0.1) is 0 Å². The molecule has 0 aliphatic carbocycles. The van der Waals surface area contributed by atoms with Crippen molar-refractivity contribution in [2.75, 3.05) is 33.2 Å². The van der Waals surface area contributed by atoms with Crippen LogP contribution in [-0.2, 0) is 4.79 Å². The first kappa shape index (κ1) is 14.4. The molecule has 0 spiro atoms. The van der Waals surface area contributed by atoms with Crippen LogP contribution in [-0.4, -0.2) is 50.1 Å².